The summed E-state index contributed by atoms with van der Waals surface area (Å²) in [4.78, 5) is 23.8. The van der Waals surface area contributed by atoms with E-state index >= 15 is 0 Å². The molecule has 110 valence electrons. The zero-order valence-corrected chi connectivity index (χ0v) is 11.7. The second kappa shape index (κ2) is 4.31. The van der Waals surface area contributed by atoms with Crippen molar-refractivity contribution in [1.29, 1.82) is 0 Å². The van der Waals surface area contributed by atoms with Crippen LogP contribution in [0.15, 0.2) is 0 Å². The Morgan fingerprint density at radius 2 is 1.79 bits per heavy atom. The van der Waals surface area contributed by atoms with Crippen LogP contribution in [0.5, 0.6) is 0 Å². The van der Waals surface area contributed by atoms with Crippen molar-refractivity contribution in [3.63, 3.8) is 0 Å². The molecule has 1 aliphatic rings. The van der Waals surface area contributed by atoms with Crippen LogP contribution in [0.2, 0.25) is 0 Å². The summed E-state index contributed by atoms with van der Waals surface area (Å²) >= 11 is 0. The number of carbonyl (C=O) groups excluding carboxylic acids is 1. The minimum absolute atomic E-state index is 0.760. The highest BCUT2D eigenvalue weighted by atomic mass is 19.3. The Hall–Kier alpha value is -1.40. The molecule has 0 bridgehead atoms. The molecule has 1 fully saturated rings. The molecule has 1 amide bonds. The average Bonchev–Trinajstić information content (AvgIpc) is 2.78. The van der Waals surface area contributed by atoms with Gasteiger partial charge in [-0.15, -0.1) is 0 Å². The van der Waals surface area contributed by atoms with Gasteiger partial charge in [0, 0.05) is 13.5 Å². The van der Waals surface area contributed by atoms with E-state index in [4.69, 9.17) is 9.84 Å². The molecule has 0 spiro atoms. The van der Waals surface area contributed by atoms with Gasteiger partial charge in [-0.3, -0.25) is 4.79 Å². The highest BCUT2D eigenvalue weighted by Gasteiger charge is 2.79. The summed E-state index contributed by atoms with van der Waals surface area (Å²) in [6, 6.07) is -1.16. The highest BCUT2D eigenvalue weighted by Crippen LogP contribution is 2.63. The van der Waals surface area contributed by atoms with Gasteiger partial charge in [-0.25, -0.2) is 13.6 Å². The van der Waals surface area contributed by atoms with E-state index in [-0.39, 0.29) is 0 Å². The SMILES string of the molecule is CC(N(C)C(=O)OC(C)(C)C)C1(C(=O)O)CC1(F)F. The van der Waals surface area contributed by atoms with Gasteiger partial charge < -0.3 is 14.7 Å². The first-order valence-electron chi connectivity index (χ1n) is 5.92. The number of ether oxygens (including phenoxy) is 1. The molecule has 2 unspecified atom stereocenters. The summed E-state index contributed by atoms with van der Waals surface area (Å²) in [6.45, 7) is 6.21. The van der Waals surface area contributed by atoms with Gasteiger partial charge in [0.05, 0.1) is 6.04 Å². The normalized spacial score (nSPS) is 26.5. The molecule has 0 aromatic rings. The molecule has 0 heterocycles. The van der Waals surface area contributed by atoms with Crippen molar-refractivity contribution in [1.82, 2.24) is 4.90 Å². The summed E-state index contributed by atoms with van der Waals surface area (Å²) in [7, 11) is 1.26. The fourth-order valence-electron chi connectivity index (χ4n) is 1.99. The molecule has 1 N–H and O–H groups in total. The lowest BCUT2D eigenvalue weighted by molar-refractivity contribution is -0.150. The molecule has 19 heavy (non-hydrogen) atoms. The van der Waals surface area contributed by atoms with Crippen LogP contribution < -0.4 is 0 Å². The summed E-state index contributed by atoms with van der Waals surface area (Å²) < 4.78 is 31.8. The van der Waals surface area contributed by atoms with Gasteiger partial charge in [0.2, 0.25) is 0 Å². The van der Waals surface area contributed by atoms with E-state index in [0.29, 0.717) is 0 Å². The van der Waals surface area contributed by atoms with Crippen LogP contribution in [-0.4, -0.2) is 46.7 Å². The average molecular weight is 279 g/mol. The third kappa shape index (κ3) is 2.64. The number of aliphatic carboxylic acids is 1. The van der Waals surface area contributed by atoms with E-state index in [9.17, 15) is 18.4 Å². The van der Waals surface area contributed by atoms with Gasteiger partial charge in [-0.1, -0.05) is 0 Å². The van der Waals surface area contributed by atoms with Crippen molar-refractivity contribution in [3.8, 4) is 0 Å². The molecule has 0 radical (unpaired) electrons. The number of hydrogen-bond acceptors (Lipinski definition) is 3. The fourth-order valence-corrected chi connectivity index (χ4v) is 1.99. The van der Waals surface area contributed by atoms with E-state index < -0.39 is 41.5 Å². The maximum Gasteiger partial charge on any atom is 0.410 e. The predicted molar refractivity (Wildman–Crippen MR) is 63.1 cm³/mol. The van der Waals surface area contributed by atoms with Crippen LogP contribution in [0.25, 0.3) is 0 Å². The molecule has 7 heteroatoms. The molecule has 1 saturated carbocycles. The van der Waals surface area contributed by atoms with Crippen LogP contribution in [-0.2, 0) is 9.53 Å². The molecule has 5 nitrogen and oxygen atoms in total. The lowest BCUT2D eigenvalue weighted by Crippen LogP contribution is -2.48. The minimum Gasteiger partial charge on any atom is -0.481 e. The first kappa shape index (κ1) is 15.7. The van der Waals surface area contributed by atoms with Crippen molar-refractivity contribution in [3.05, 3.63) is 0 Å². The van der Waals surface area contributed by atoms with E-state index in [2.05, 4.69) is 0 Å². The minimum atomic E-state index is -3.30. The Kier molecular flexibility index (Phi) is 3.56. The van der Waals surface area contributed by atoms with Gasteiger partial charge in [0.25, 0.3) is 5.92 Å². The molecular weight excluding hydrogens is 260 g/mol. The molecule has 1 rings (SSSR count). The standard InChI is InChI=1S/C12H19F2NO4/c1-7(11(8(16)17)6-12(11,13)14)15(5)9(18)19-10(2,3)4/h7H,6H2,1-5H3,(H,16,17). The summed E-state index contributed by atoms with van der Waals surface area (Å²) in [5, 5.41) is 9.01. The van der Waals surface area contributed by atoms with Crippen molar-refractivity contribution in [2.45, 2.75) is 51.7 Å². The third-order valence-corrected chi connectivity index (χ3v) is 3.39. The molecule has 0 saturated heterocycles. The number of amides is 1. The Morgan fingerprint density at radius 3 is 2.05 bits per heavy atom. The maximum atomic E-state index is 13.4. The quantitative estimate of drug-likeness (QED) is 0.861. The maximum absolute atomic E-state index is 13.4. The molecule has 0 aliphatic heterocycles. The largest absolute Gasteiger partial charge is 0.481 e. The molecule has 0 aromatic heterocycles. The predicted octanol–water partition coefficient (Wildman–Crippen LogP) is 2.35. The van der Waals surface area contributed by atoms with Gasteiger partial charge in [0.15, 0.2) is 5.41 Å². The van der Waals surface area contributed by atoms with Crippen molar-refractivity contribution in [2.24, 2.45) is 5.41 Å². The first-order chi connectivity index (χ1) is 8.35. The topological polar surface area (TPSA) is 66.8 Å². The van der Waals surface area contributed by atoms with Gasteiger partial charge in [-0.2, -0.15) is 0 Å². The lowest BCUT2D eigenvalue weighted by atomic mass is 9.96. The van der Waals surface area contributed by atoms with Crippen molar-refractivity contribution < 1.29 is 28.2 Å². The number of carboxylic acid groups (broad SMARTS) is 1. The third-order valence-electron chi connectivity index (χ3n) is 3.39. The van der Waals surface area contributed by atoms with E-state index in [1.807, 2.05) is 0 Å². The molecule has 2 atom stereocenters. The van der Waals surface area contributed by atoms with Crippen LogP contribution in [0.1, 0.15) is 34.1 Å². The van der Waals surface area contributed by atoms with Crippen molar-refractivity contribution in [2.75, 3.05) is 7.05 Å². The summed E-state index contributed by atoms with van der Waals surface area (Å²) in [5.74, 6) is -4.89. The number of carbonyl (C=O) groups is 2. The van der Waals surface area contributed by atoms with Gasteiger partial charge >= 0.3 is 12.1 Å². The highest BCUT2D eigenvalue weighted by molar-refractivity contribution is 5.82. The molecular formula is C12H19F2NO4. The number of carboxylic acids is 1. The van der Waals surface area contributed by atoms with Crippen LogP contribution >= 0.6 is 0 Å². The smallest absolute Gasteiger partial charge is 0.410 e. The summed E-state index contributed by atoms with van der Waals surface area (Å²) in [6.07, 6.45) is -1.58. The molecule has 1 aliphatic carbocycles. The van der Waals surface area contributed by atoms with E-state index in [1.165, 1.54) is 14.0 Å². The van der Waals surface area contributed by atoms with Crippen LogP contribution in [0.4, 0.5) is 13.6 Å². The first-order valence-corrected chi connectivity index (χ1v) is 5.92. The Bertz CT molecular complexity index is 405. The number of nitrogens with zero attached hydrogens (tertiary/aromatic N) is 1. The number of rotatable bonds is 3. The number of halogens is 2. The molecule has 0 aromatic carbocycles. The fraction of sp³-hybridized carbons (Fsp3) is 0.833. The van der Waals surface area contributed by atoms with Crippen molar-refractivity contribution >= 4 is 12.1 Å². The number of alkyl halides is 2. The van der Waals surface area contributed by atoms with E-state index in [1.54, 1.807) is 20.8 Å². The second-order valence-corrected chi connectivity index (χ2v) is 5.92. The zero-order valence-electron chi connectivity index (χ0n) is 11.7. The van der Waals surface area contributed by atoms with Gasteiger partial charge in [-0.05, 0) is 27.7 Å². The van der Waals surface area contributed by atoms with Gasteiger partial charge in [0.1, 0.15) is 5.60 Å². The lowest BCUT2D eigenvalue weighted by Gasteiger charge is -2.31. The Labute approximate surface area is 110 Å². The van der Waals surface area contributed by atoms with Crippen LogP contribution in [0, 0.1) is 5.41 Å². The van der Waals surface area contributed by atoms with Crippen LogP contribution in [0.3, 0.4) is 0 Å². The zero-order chi connectivity index (χ0) is 15.2. The second-order valence-electron chi connectivity index (χ2n) is 5.92. The Balaban J connectivity index is 2.86. The van der Waals surface area contributed by atoms with E-state index in [0.717, 1.165) is 4.90 Å². The summed E-state index contributed by atoms with van der Waals surface area (Å²) in [5.41, 5.74) is -2.98. The Morgan fingerprint density at radius 1 is 1.37 bits per heavy atom. The monoisotopic (exact) mass is 279 g/mol. The number of hydrogen-bond donors (Lipinski definition) is 1.